The van der Waals surface area contributed by atoms with Gasteiger partial charge in [-0.3, -0.25) is 14.2 Å². The van der Waals surface area contributed by atoms with Gasteiger partial charge in [0.1, 0.15) is 9.53 Å². The van der Waals surface area contributed by atoms with Gasteiger partial charge in [0, 0.05) is 28.9 Å². The summed E-state index contributed by atoms with van der Waals surface area (Å²) < 4.78 is 7.99. The lowest BCUT2D eigenvalue weighted by Gasteiger charge is -2.16. The van der Waals surface area contributed by atoms with Gasteiger partial charge in [-0.15, -0.1) is 11.3 Å². The van der Waals surface area contributed by atoms with E-state index in [0.717, 1.165) is 28.6 Å². The van der Waals surface area contributed by atoms with Crippen LogP contribution >= 0.6 is 34.7 Å². The van der Waals surface area contributed by atoms with Crippen molar-refractivity contribution in [3.63, 3.8) is 0 Å². The molecule has 1 fully saturated rings. The largest absolute Gasteiger partial charge is 0.376 e. The van der Waals surface area contributed by atoms with E-state index in [1.54, 1.807) is 22.9 Å². The topological polar surface area (TPSA) is 86.1 Å². The van der Waals surface area contributed by atoms with Crippen molar-refractivity contribution in [3.05, 3.63) is 57.5 Å². The minimum absolute atomic E-state index is 0.0308. The number of carbonyl (C=O) groups is 1. The van der Waals surface area contributed by atoms with Gasteiger partial charge in [-0.25, -0.2) is 9.97 Å². The second kappa shape index (κ2) is 9.42. The minimum atomic E-state index is -0.194. The number of thiophene rings is 1. The summed E-state index contributed by atoms with van der Waals surface area (Å²) in [5, 5.41) is 4.80. The highest BCUT2D eigenvalue weighted by Gasteiger charge is 2.22. The van der Waals surface area contributed by atoms with Gasteiger partial charge in [0.2, 0.25) is 5.91 Å². The number of benzene rings is 1. The fourth-order valence-electron chi connectivity index (χ4n) is 3.85. The lowest BCUT2D eigenvalue weighted by atomic mass is 10.2. The molecular formula is C23H21ClN4O3S2. The zero-order valence-corrected chi connectivity index (χ0v) is 20.2. The highest BCUT2D eigenvalue weighted by atomic mass is 35.5. The molecule has 5 rings (SSSR count). The Hall–Kier alpha value is -2.46. The summed E-state index contributed by atoms with van der Waals surface area (Å²) in [5.74, 6) is -0.0874. The van der Waals surface area contributed by atoms with E-state index in [-0.39, 0.29) is 23.3 Å². The quantitative estimate of drug-likeness (QED) is 0.300. The molecule has 1 saturated heterocycles. The van der Waals surface area contributed by atoms with Gasteiger partial charge >= 0.3 is 0 Å². The third-order valence-corrected chi connectivity index (χ3v) is 7.84. The van der Waals surface area contributed by atoms with Gasteiger partial charge in [0.05, 0.1) is 23.9 Å². The number of nitrogens with one attached hydrogen (secondary N) is 1. The van der Waals surface area contributed by atoms with E-state index in [4.69, 9.17) is 21.3 Å². The molecule has 33 heavy (non-hydrogen) atoms. The number of ether oxygens (including phenoxy) is 1. The van der Waals surface area contributed by atoms with Crippen LogP contribution in [0.5, 0.6) is 0 Å². The molecule has 0 radical (unpaired) electrons. The Morgan fingerprint density at radius 2 is 2.27 bits per heavy atom. The summed E-state index contributed by atoms with van der Waals surface area (Å²) in [6.45, 7) is 3.02. The molecule has 1 atom stereocenters. The second-order valence-corrected chi connectivity index (χ2v) is 10.3. The molecule has 3 aromatic heterocycles. The van der Waals surface area contributed by atoms with Crippen LogP contribution in [-0.4, -0.2) is 38.9 Å². The van der Waals surface area contributed by atoms with Crippen LogP contribution in [-0.2, 0) is 16.1 Å². The fourth-order valence-corrected chi connectivity index (χ4v) is 5.85. The zero-order valence-electron chi connectivity index (χ0n) is 17.8. The number of aryl methyl sites for hydroxylation is 1. The van der Waals surface area contributed by atoms with Crippen LogP contribution in [0, 0.1) is 6.92 Å². The predicted molar refractivity (Wildman–Crippen MR) is 134 cm³/mol. The Kier molecular flexibility index (Phi) is 6.38. The van der Waals surface area contributed by atoms with Gasteiger partial charge in [-0.05, 0) is 49.6 Å². The van der Waals surface area contributed by atoms with E-state index in [1.807, 2.05) is 25.1 Å². The maximum absolute atomic E-state index is 13.4. The zero-order chi connectivity index (χ0) is 22.9. The van der Waals surface area contributed by atoms with E-state index in [2.05, 4.69) is 10.3 Å². The normalized spacial score (nSPS) is 16.0. The molecule has 1 aliphatic heterocycles. The van der Waals surface area contributed by atoms with Crippen molar-refractivity contribution >= 4 is 66.7 Å². The maximum Gasteiger partial charge on any atom is 0.272 e. The number of anilines is 1. The lowest BCUT2D eigenvalue weighted by Crippen LogP contribution is -2.28. The van der Waals surface area contributed by atoms with Crippen molar-refractivity contribution in [1.29, 1.82) is 0 Å². The van der Waals surface area contributed by atoms with Crippen molar-refractivity contribution < 1.29 is 9.53 Å². The first-order valence-corrected chi connectivity index (χ1v) is 12.8. The van der Waals surface area contributed by atoms with Crippen LogP contribution in [0.15, 0.2) is 46.5 Å². The number of carbonyl (C=O) groups excluding carboxylic acids is 1. The number of halogens is 1. The van der Waals surface area contributed by atoms with E-state index in [1.165, 1.54) is 23.1 Å². The highest BCUT2D eigenvalue weighted by Crippen LogP contribution is 2.31. The average Bonchev–Trinajstić information content (AvgIpc) is 3.45. The van der Waals surface area contributed by atoms with Gasteiger partial charge in [0.15, 0.2) is 5.16 Å². The summed E-state index contributed by atoms with van der Waals surface area (Å²) in [4.78, 5) is 36.1. The highest BCUT2D eigenvalue weighted by molar-refractivity contribution is 7.99. The van der Waals surface area contributed by atoms with Crippen LogP contribution < -0.4 is 10.9 Å². The van der Waals surface area contributed by atoms with E-state index in [0.29, 0.717) is 39.2 Å². The number of fused-ring (bicyclic) bond motifs is 3. The Bertz CT molecular complexity index is 1410. The number of hydrogen-bond donors (Lipinski definition) is 1. The molecule has 170 valence electrons. The van der Waals surface area contributed by atoms with Crippen LogP contribution in [0.3, 0.4) is 0 Å². The Morgan fingerprint density at radius 3 is 3.09 bits per heavy atom. The summed E-state index contributed by atoms with van der Waals surface area (Å²) in [5.41, 5.74) is 2.10. The minimum Gasteiger partial charge on any atom is -0.376 e. The molecule has 0 unspecified atom stereocenters. The van der Waals surface area contributed by atoms with Crippen molar-refractivity contribution in [2.75, 3.05) is 17.7 Å². The number of pyridine rings is 1. The number of rotatable bonds is 6. The van der Waals surface area contributed by atoms with Crippen molar-refractivity contribution in [2.45, 2.75) is 37.6 Å². The average molecular weight is 501 g/mol. The molecule has 10 heteroatoms. The monoisotopic (exact) mass is 500 g/mol. The van der Waals surface area contributed by atoms with Gasteiger partial charge in [-0.2, -0.15) is 0 Å². The second-order valence-electron chi connectivity index (χ2n) is 7.88. The molecule has 1 amide bonds. The maximum atomic E-state index is 13.4. The summed E-state index contributed by atoms with van der Waals surface area (Å²) in [7, 11) is 0. The number of thioether (sulfide) groups is 1. The Balaban J connectivity index is 1.47. The van der Waals surface area contributed by atoms with Crippen LogP contribution in [0.1, 0.15) is 18.4 Å². The first kappa shape index (κ1) is 22.3. The van der Waals surface area contributed by atoms with Crippen LogP contribution in [0.25, 0.3) is 20.4 Å². The molecule has 7 nitrogen and oxygen atoms in total. The molecule has 0 saturated carbocycles. The van der Waals surface area contributed by atoms with Gasteiger partial charge < -0.3 is 10.1 Å². The van der Waals surface area contributed by atoms with E-state index < -0.39 is 0 Å². The van der Waals surface area contributed by atoms with Gasteiger partial charge in [0.25, 0.3) is 5.56 Å². The molecule has 1 aromatic carbocycles. The summed E-state index contributed by atoms with van der Waals surface area (Å²) in [6, 6.07) is 9.12. The van der Waals surface area contributed by atoms with Crippen LogP contribution in [0.2, 0.25) is 5.02 Å². The van der Waals surface area contributed by atoms with Gasteiger partial charge in [-0.1, -0.05) is 29.4 Å². The molecule has 1 N–H and O–H groups in total. The SMILES string of the molecule is Cc1ccc(Cl)cc1NC(=O)CSc1nc2c(sc3ncccc32)c(=O)n1C[C@@H]1CCCO1. The molecule has 0 spiro atoms. The third-order valence-electron chi connectivity index (χ3n) is 5.53. The lowest BCUT2D eigenvalue weighted by molar-refractivity contribution is -0.113. The number of aromatic nitrogens is 3. The molecule has 0 bridgehead atoms. The van der Waals surface area contributed by atoms with Crippen molar-refractivity contribution in [2.24, 2.45) is 0 Å². The molecule has 0 aliphatic carbocycles. The third kappa shape index (κ3) is 4.63. The number of nitrogens with zero attached hydrogens (tertiary/aromatic N) is 3. The number of amides is 1. The van der Waals surface area contributed by atoms with Crippen molar-refractivity contribution in [1.82, 2.24) is 14.5 Å². The Morgan fingerprint density at radius 1 is 1.39 bits per heavy atom. The molecule has 1 aliphatic rings. The van der Waals surface area contributed by atoms with Crippen molar-refractivity contribution in [3.8, 4) is 0 Å². The summed E-state index contributed by atoms with van der Waals surface area (Å²) in [6.07, 6.45) is 3.56. The standard InChI is InChI=1S/C23H21ClN4O3S2/c1-13-6-7-14(24)10-17(13)26-18(29)12-32-23-27-19-16-5-2-8-25-21(16)33-20(19)22(30)28(23)11-15-4-3-9-31-15/h2,5-8,10,15H,3-4,9,11-12H2,1H3,(H,26,29)/t15-/m0/s1. The predicted octanol–water partition coefficient (Wildman–Crippen LogP) is 4.88. The molecular weight excluding hydrogens is 480 g/mol. The summed E-state index contributed by atoms with van der Waals surface area (Å²) >= 11 is 8.66. The Labute approximate surface area is 203 Å². The first-order chi connectivity index (χ1) is 16.0. The molecule has 4 heterocycles. The van der Waals surface area contributed by atoms with Crippen LogP contribution in [0.4, 0.5) is 5.69 Å². The number of hydrogen-bond acceptors (Lipinski definition) is 7. The smallest absolute Gasteiger partial charge is 0.272 e. The fraction of sp³-hybridized carbons (Fsp3) is 0.304. The molecule has 4 aromatic rings. The van der Waals surface area contributed by atoms with E-state index in [9.17, 15) is 9.59 Å². The van der Waals surface area contributed by atoms with E-state index >= 15 is 0 Å². The first-order valence-electron chi connectivity index (χ1n) is 10.6.